The van der Waals surface area contributed by atoms with Crippen LogP contribution in [0.3, 0.4) is 0 Å². The summed E-state index contributed by atoms with van der Waals surface area (Å²) in [5.41, 5.74) is 1.25. The number of alkyl halides is 1. The van der Waals surface area contributed by atoms with Crippen LogP contribution in [0.5, 0.6) is 0 Å². The van der Waals surface area contributed by atoms with Crippen molar-refractivity contribution >= 4 is 31.9 Å². The molecule has 2 unspecified atom stereocenters. The van der Waals surface area contributed by atoms with Gasteiger partial charge in [0.2, 0.25) is 0 Å². The lowest BCUT2D eigenvalue weighted by molar-refractivity contribution is 0.0291. The molecule has 1 nitrogen and oxygen atoms in total. The molecule has 1 aliphatic rings. The molecule has 1 saturated carbocycles. The molecule has 0 radical (unpaired) electrons. The summed E-state index contributed by atoms with van der Waals surface area (Å²) in [5, 5.41) is 0. The van der Waals surface area contributed by atoms with Gasteiger partial charge in [0.25, 0.3) is 0 Å². The Bertz CT molecular complexity index is 350. The predicted molar refractivity (Wildman–Crippen MR) is 83.1 cm³/mol. The first-order valence-electron chi connectivity index (χ1n) is 6.76. The van der Waals surface area contributed by atoms with Crippen molar-refractivity contribution in [3.05, 3.63) is 34.3 Å². The monoisotopic (exact) mass is 374 g/mol. The Balaban J connectivity index is 1.85. The van der Waals surface area contributed by atoms with Crippen LogP contribution in [0, 0.1) is 0 Å². The number of hydrogen-bond donors (Lipinski definition) is 0. The first-order valence-corrected chi connectivity index (χ1v) is 8.47. The summed E-state index contributed by atoms with van der Waals surface area (Å²) in [6.07, 6.45) is 8.16. The summed E-state index contributed by atoms with van der Waals surface area (Å²) in [7, 11) is 0. The summed E-state index contributed by atoms with van der Waals surface area (Å²) < 4.78 is 7.22. The Morgan fingerprint density at radius 1 is 1.00 bits per heavy atom. The third-order valence-electron chi connectivity index (χ3n) is 3.50. The standard InChI is InChI=1S/C15H20Br2O/c16-13-9-7-12(8-10-13)11-18-15-6-4-2-1-3-5-14(15)17/h7-10,14-15H,1-6,11H2. The third-order valence-corrected chi connectivity index (χ3v) is 5.08. The summed E-state index contributed by atoms with van der Waals surface area (Å²) in [4.78, 5) is 0.522. The fraction of sp³-hybridized carbons (Fsp3) is 0.600. The lowest BCUT2D eigenvalue weighted by atomic mass is 9.98. The van der Waals surface area contributed by atoms with Gasteiger partial charge in [0.15, 0.2) is 0 Å². The maximum absolute atomic E-state index is 6.09. The van der Waals surface area contributed by atoms with Gasteiger partial charge in [-0.15, -0.1) is 0 Å². The maximum atomic E-state index is 6.09. The molecule has 1 aliphatic carbocycles. The summed E-state index contributed by atoms with van der Waals surface area (Å²) >= 11 is 7.25. The van der Waals surface area contributed by atoms with E-state index < -0.39 is 0 Å². The largest absolute Gasteiger partial charge is 0.372 e. The number of benzene rings is 1. The molecule has 0 aromatic heterocycles. The van der Waals surface area contributed by atoms with Crippen molar-refractivity contribution in [2.24, 2.45) is 0 Å². The van der Waals surface area contributed by atoms with Gasteiger partial charge in [0, 0.05) is 9.30 Å². The average molecular weight is 376 g/mol. The normalized spacial score (nSPS) is 25.4. The zero-order valence-corrected chi connectivity index (χ0v) is 13.8. The molecular weight excluding hydrogens is 356 g/mol. The molecule has 1 aromatic rings. The molecule has 100 valence electrons. The SMILES string of the molecule is Brc1ccc(COC2CCCCCCC2Br)cc1. The molecule has 0 saturated heterocycles. The molecule has 0 heterocycles. The summed E-state index contributed by atoms with van der Waals surface area (Å²) in [6.45, 7) is 0.722. The lowest BCUT2D eigenvalue weighted by Crippen LogP contribution is -2.25. The third kappa shape index (κ3) is 4.67. The van der Waals surface area contributed by atoms with Crippen LogP contribution in [0.1, 0.15) is 44.1 Å². The molecule has 0 aliphatic heterocycles. The Morgan fingerprint density at radius 2 is 1.67 bits per heavy atom. The van der Waals surface area contributed by atoms with Gasteiger partial charge in [-0.1, -0.05) is 69.7 Å². The first kappa shape index (κ1) is 14.5. The van der Waals surface area contributed by atoms with Gasteiger partial charge < -0.3 is 4.74 Å². The van der Waals surface area contributed by atoms with E-state index >= 15 is 0 Å². The van der Waals surface area contributed by atoms with Gasteiger partial charge >= 0.3 is 0 Å². The van der Waals surface area contributed by atoms with E-state index in [0.717, 1.165) is 11.1 Å². The highest BCUT2D eigenvalue weighted by Gasteiger charge is 2.20. The number of halogens is 2. The van der Waals surface area contributed by atoms with Crippen molar-refractivity contribution in [3.63, 3.8) is 0 Å². The lowest BCUT2D eigenvalue weighted by Gasteiger charge is -2.25. The number of rotatable bonds is 3. The van der Waals surface area contributed by atoms with E-state index in [4.69, 9.17) is 4.74 Å². The molecule has 3 heteroatoms. The van der Waals surface area contributed by atoms with Crippen LogP contribution in [0.4, 0.5) is 0 Å². The van der Waals surface area contributed by atoms with E-state index in [9.17, 15) is 0 Å². The average Bonchev–Trinajstić information content (AvgIpc) is 2.36. The number of hydrogen-bond acceptors (Lipinski definition) is 1. The highest BCUT2D eigenvalue weighted by atomic mass is 79.9. The van der Waals surface area contributed by atoms with E-state index in [0.29, 0.717) is 10.9 Å². The Morgan fingerprint density at radius 3 is 2.39 bits per heavy atom. The van der Waals surface area contributed by atoms with Crippen molar-refractivity contribution in [2.45, 2.75) is 56.1 Å². The van der Waals surface area contributed by atoms with Gasteiger partial charge in [-0.3, -0.25) is 0 Å². The van der Waals surface area contributed by atoms with Crippen molar-refractivity contribution < 1.29 is 4.74 Å². The van der Waals surface area contributed by atoms with Crippen LogP contribution < -0.4 is 0 Å². The van der Waals surface area contributed by atoms with Crippen LogP contribution in [0.2, 0.25) is 0 Å². The van der Waals surface area contributed by atoms with Crippen molar-refractivity contribution in [1.29, 1.82) is 0 Å². The van der Waals surface area contributed by atoms with Crippen LogP contribution in [-0.4, -0.2) is 10.9 Å². The molecule has 1 fully saturated rings. The van der Waals surface area contributed by atoms with Crippen molar-refractivity contribution in [1.82, 2.24) is 0 Å². The van der Waals surface area contributed by atoms with Gasteiger partial charge in [-0.2, -0.15) is 0 Å². The predicted octanol–water partition coefficient (Wildman–Crippen LogP) is 5.45. The smallest absolute Gasteiger partial charge is 0.0721 e. The minimum atomic E-state index is 0.369. The van der Waals surface area contributed by atoms with Crippen LogP contribution in [0.25, 0.3) is 0 Å². The molecule has 1 aromatic carbocycles. The van der Waals surface area contributed by atoms with E-state index in [1.54, 1.807) is 0 Å². The van der Waals surface area contributed by atoms with E-state index in [2.05, 4.69) is 56.1 Å². The maximum Gasteiger partial charge on any atom is 0.0721 e. The minimum absolute atomic E-state index is 0.369. The summed E-state index contributed by atoms with van der Waals surface area (Å²) in [6, 6.07) is 8.39. The molecule has 0 spiro atoms. The number of ether oxygens (including phenoxy) is 1. The topological polar surface area (TPSA) is 9.23 Å². The van der Waals surface area contributed by atoms with E-state index in [1.165, 1.54) is 44.1 Å². The molecular formula is C15H20Br2O. The van der Waals surface area contributed by atoms with E-state index in [1.807, 2.05) is 0 Å². The second kappa shape index (κ2) is 7.66. The molecule has 0 amide bonds. The molecule has 2 atom stereocenters. The second-order valence-corrected chi connectivity index (χ2v) is 7.08. The quantitative estimate of drug-likeness (QED) is 0.638. The van der Waals surface area contributed by atoms with Crippen molar-refractivity contribution in [2.75, 3.05) is 0 Å². The van der Waals surface area contributed by atoms with Gasteiger partial charge in [-0.05, 0) is 30.5 Å². The van der Waals surface area contributed by atoms with Gasteiger partial charge in [0.1, 0.15) is 0 Å². The minimum Gasteiger partial charge on any atom is -0.372 e. The van der Waals surface area contributed by atoms with Crippen LogP contribution in [0.15, 0.2) is 28.7 Å². The zero-order valence-electron chi connectivity index (χ0n) is 10.6. The Kier molecular flexibility index (Phi) is 6.19. The zero-order chi connectivity index (χ0) is 12.8. The molecule has 18 heavy (non-hydrogen) atoms. The van der Waals surface area contributed by atoms with Crippen LogP contribution >= 0.6 is 31.9 Å². The molecule has 2 rings (SSSR count). The summed E-state index contributed by atoms with van der Waals surface area (Å²) in [5.74, 6) is 0. The highest BCUT2D eigenvalue weighted by molar-refractivity contribution is 9.10. The second-order valence-electron chi connectivity index (χ2n) is 4.98. The Hall–Kier alpha value is 0.140. The van der Waals surface area contributed by atoms with E-state index in [-0.39, 0.29) is 0 Å². The Labute approximate surface area is 127 Å². The first-order chi connectivity index (χ1) is 8.75. The van der Waals surface area contributed by atoms with Gasteiger partial charge in [0.05, 0.1) is 12.7 Å². The molecule has 0 N–H and O–H groups in total. The van der Waals surface area contributed by atoms with Crippen molar-refractivity contribution in [3.8, 4) is 0 Å². The highest BCUT2D eigenvalue weighted by Crippen LogP contribution is 2.26. The van der Waals surface area contributed by atoms with Gasteiger partial charge in [-0.25, -0.2) is 0 Å². The van der Waals surface area contributed by atoms with Crippen LogP contribution in [-0.2, 0) is 11.3 Å². The fourth-order valence-corrected chi connectivity index (χ4v) is 3.38. The fourth-order valence-electron chi connectivity index (χ4n) is 2.38. The molecule has 0 bridgehead atoms.